The minimum Gasteiger partial charge on any atom is -0.328 e. The fraction of sp³-hybridized carbons (Fsp3) is 0.727. The molecule has 0 atom stereocenters. The van der Waals surface area contributed by atoms with E-state index < -0.39 is 18.9 Å². The van der Waals surface area contributed by atoms with E-state index in [1.54, 1.807) is 0 Å². The molecule has 0 fully saturated rings. The Morgan fingerprint density at radius 1 is 1.33 bits per heavy atom. The van der Waals surface area contributed by atoms with Gasteiger partial charge in [0.05, 0.1) is 13.1 Å². The van der Waals surface area contributed by atoms with E-state index in [0.29, 0.717) is 5.82 Å². The Morgan fingerprint density at radius 2 is 1.94 bits per heavy atom. The highest BCUT2D eigenvalue weighted by molar-refractivity contribution is 4.95. The summed E-state index contributed by atoms with van der Waals surface area (Å²) in [4.78, 5) is 3.88. The number of hydrogen-bond donors (Lipinski definition) is 1. The van der Waals surface area contributed by atoms with E-state index in [4.69, 9.17) is 0 Å². The van der Waals surface area contributed by atoms with Gasteiger partial charge in [-0.3, -0.25) is 0 Å². The highest BCUT2D eigenvalue weighted by atomic mass is 19.3. The van der Waals surface area contributed by atoms with Gasteiger partial charge >= 0.3 is 12.3 Å². The molecule has 1 N–H and O–H groups in total. The average molecular weight is 267 g/mol. The molecule has 0 aliphatic heterocycles. The molecular formula is C11H17F4N3. The molecule has 0 spiro atoms. The van der Waals surface area contributed by atoms with Gasteiger partial charge in [-0.15, -0.1) is 0 Å². The molecule has 0 saturated carbocycles. The van der Waals surface area contributed by atoms with Crippen molar-refractivity contribution in [2.24, 2.45) is 0 Å². The minimum atomic E-state index is -4.04. The Morgan fingerprint density at radius 3 is 2.44 bits per heavy atom. The van der Waals surface area contributed by atoms with Crippen molar-refractivity contribution >= 4 is 0 Å². The van der Waals surface area contributed by atoms with Gasteiger partial charge in [-0.2, -0.15) is 8.78 Å². The van der Waals surface area contributed by atoms with Gasteiger partial charge in [0.25, 0.3) is 0 Å². The molecule has 0 aliphatic carbocycles. The van der Waals surface area contributed by atoms with Gasteiger partial charge in [-0.1, -0.05) is 0 Å². The molecule has 0 unspecified atom stereocenters. The van der Waals surface area contributed by atoms with Crippen molar-refractivity contribution in [1.29, 1.82) is 0 Å². The molecule has 0 saturated heterocycles. The molecule has 1 aromatic rings. The molecule has 1 aromatic heterocycles. The maximum atomic E-state index is 12.9. The molecule has 1 rings (SSSR count). The minimum absolute atomic E-state index is 0.206. The fourth-order valence-corrected chi connectivity index (χ4v) is 1.29. The lowest BCUT2D eigenvalue weighted by Crippen LogP contribution is -2.37. The largest absolute Gasteiger partial charge is 0.328 e. The number of nitrogens with zero attached hydrogens (tertiary/aromatic N) is 2. The zero-order valence-corrected chi connectivity index (χ0v) is 10.6. The zero-order valence-electron chi connectivity index (χ0n) is 10.6. The molecular weight excluding hydrogens is 250 g/mol. The number of nitrogens with one attached hydrogen (secondary N) is 1. The van der Waals surface area contributed by atoms with Crippen LogP contribution in [0.5, 0.6) is 0 Å². The third-order valence-corrected chi connectivity index (χ3v) is 2.28. The molecule has 0 bridgehead atoms. The maximum absolute atomic E-state index is 12.9. The van der Waals surface area contributed by atoms with E-state index in [1.807, 2.05) is 20.8 Å². The van der Waals surface area contributed by atoms with E-state index in [2.05, 4.69) is 10.3 Å². The summed E-state index contributed by atoms with van der Waals surface area (Å²) in [7, 11) is 0. The third kappa shape index (κ3) is 4.29. The smallest absolute Gasteiger partial charge is 0.324 e. The summed E-state index contributed by atoms with van der Waals surface area (Å²) >= 11 is 0. The predicted octanol–water partition coefficient (Wildman–Crippen LogP) is 2.67. The lowest BCUT2D eigenvalue weighted by atomic mass is 10.1. The number of aromatic nitrogens is 2. The van der Waals surface area contributed by atoms with Crippen molar-refractivity contribution in [1.82, 2.24) is 14.9 Å². The molecule has 0 amide bonds. The van der Waals surface area contributed by atoms with Crippen LogP contribution in [-0.2, 0) is 13.1 Å². The first-order valence-corrected chi connectivity index (χ1v) is 5.53. The second kappa shape index (κ2) is 5.26. The molecule has 7 heteroatoms. The van der Waals surface area contributed by atoms with Crippen molar-refractivity contribution < 1.29 is 17.6 Å². The second-order valence-corrected chi connectivity index (χ2v) is 5.14. The molecule has 1 heterocycles. The van der Waals surface area contributed by atoms with Crippen LogP contribution in [-0.4, -0.2) is 27.4 Å². The monoisotopic (exact) mass is 267 g/mol. The number of imidazole rings is 1. The number of rotatable bonds is 5. The SMILES string of the molecule is CC(C)(C)NCc1nccn1CC(F)(F)C(F)F. The molecule has 0 aliphatic rings. The first-order valence-electron chi connectivity index (χ1n) is 5.53. The summed E-state index contributed by atoms with van der Waals surface area (Å²) < 4.78 is 51.2. The van der Waals surface area contributed by atoms with Crippen LogP contribution in [0, 0.1) is 0 Å². The van der Waals surface area contributed by atoms with Gasteiger partial charge in [-0.05, 0) is 20.8 Å². The fourth-order valence-electron chi connectivity index (χ4n) is 1.29. The van der Waals surface area contributed by atoms with E-state index in [1.165, 1.54) is 12.4 Å². The summed E-state index contributed by atoms with van der Waals surface area (Å²) in [5.74, 6) is -3.73. The second-order valence-electron chi connectivity index (χ2n) is 5.14. The zero-order chi connectivity index (χ0) is 14.0. The predicted molar refractivity (Wildman–Crippen MR) is 59.8 cm³/mol. The lowest BCUT2D eigenvalue weighted by molar-refractivity contribution is -0.138. The molecule has 104 valence electrons. The van der Waals surface area contributed by atoms with Crippen LogP contribution in [0.2, 0.25) is 0 Å². The highest BCUT2D eigenvalue weighted by Crippen LogP contribution is 2.25. The van der Waals surface area contributed by atoms with Gasteiger partial charge < -0.3 is 9.88 Å². The van der Waals surface area contributed by atoms with Crippen LogP contribution in [0.1, 0.15) is 26.6 Å². The Kier molecular flexibility index (Phi) is 4.37. The Hall–Kier alpha value is -1.11. The van der Waals surface area contributed by atoms with Crippen LogP contribution >= 0.6 is 0 Å². The van der Waals surface area contributed by atoms with Crippen molar-refractivity contribution in [2.75, 3.05) is 0 Å². The van der Waals surface area contributed by atoms with Crippen LogP contribution in [0.25, 0.3) is 0 Å². The van der Waals surface area contributed by atoms with Gasteiger partial charge in [0.15, 0.2) is 0 Å². The van der Waals surface area contributed by atoms with E-state index in [-0.39, 0.29) is 12.1 Å². The van der Waals surface area contributed by atoms with E-state index >= 15 is 0 Å². The van der Waals surface area contributed by atoms with Crippen molar-refractivity contribution in [3.8, 4) is 0 Å². The van der Waals surface area contributed by atoms with E-state index in [0.717, 1.165) is 4.57 Å². The summed E-state index contributed by atoms with van der Waals surface area (Å²) in [6.07, 6.45) is -1.08. The van der Waals surface area contributed by atoms with Crippen LogP contribution in [0.4, 0.5) is 17.6 Å². The Labute approximate surface area is 103 Å². The Balaban J connectivity index is 2.71. The summed E-state index contributed by atoms with van der Waals surface area (Å²) in [5.41, 5.74) is -0.206. The van der Waals surface area contributed by atoms with Crippen molar-refractivity contribution in [3.05, 3.63) is 18.2 Å². The van der Waals surface area contributed by atoms with Crippen molar-refractivity contribution in [3.63, 3.8) is 0 Å². The normalized spacial score (nSPS) is 13.3. The number of alkyl halides is 4. The maximum Gasteiger partial charge on any atom is 0.324 e. The van der Waals surface area contributed by atoms with Crippen molar-refractivity contribution in [2.45, 2.75) is 51.7 Å². The van der Waals surface area contributed by atoms with Gasteiger partial charge in [0.2, 0.25) is 0 Å². The quantitative estimate of drug-likeness (QED) is 0.831. The first kappa shape index (κ1) is 14.9. The van der Waals surface area contributed by atoms with Crippen LogP contribution in [0.15, 0.2) is 12.4 Å². The summed E-state index contributed by atoms with van der Waals surface area (Å²) in [6.45, 7) is 4.91. The molecule has 3 nitrogen and oxygen atoms in total. The average Bonchev–Trinajstić information content (AvgIpc) is 2.60. The summed E-state index contributed by atoms with van der Waals surface area (Å²) in [5, 5.41) is 3.06. The molecule has 0 radical (unpaired) electrons. The van der Waals surface area contributed by atoms with Crippen LogP contribution in [0.3, 0.4) is 0 Å². The number of halogens is 4. The Bertz CT molecular complexity index is 382. The summed E-state index contributed by atoms with van der Waals surface area (Å²) in [6, 6.07) is 0. The third-order valence-electron chi connectivity index (χ3n) is 2.28. The molecule has 0 aromatic carbocycles. The number of hydrogen-bond acceptors (Lipinski definition) is 2. The lowest BCUT2D eigenvalue weighted by Gasteiger charge is -2.22. The van der Waals surface area contributed by atoms with Crippen LogP contribution < -0.4 is 5.32 Å². The molecule has 18 heavy (non-hydrogen) atoms. The first-order chi connectivity index (χ1) is 8.12. The van der Waals surface area contributed by atoms with Gasteiger partial charge in [0, 0.05) is 17.9 Å². The van der Waals surface area contributed by atoms with E-state index in [9.17, 15) is 17.6 Å². The topological polar surface area (TPSA) is 29.9 Å². The van der Waals surface area contributed by atoms with Gasteiger partial charge in [-0.25, -0.2) is 13.8 Å². The van der Waals surface area contributed by atoms with Gasteiger partial charge in [0.1, 0.15) is 5.82 Å². The standard InChI is InChI=1S/C11H17F4N3/c1-10(2,3)17-6-8-16-4-5-18(8)7-11(14,15)9(12)13/h4-5,9,17H,6-7H2,1-3H3. The highest BCUT2D eigenvalue weighted by Gasteiger charge is 2.41.